The van der Waals surface area contributed by atoms with Gasteiger partial charge in [0.25, 0.3) is 0 Å². The number of ketones is 1. The first-order valence-corrected chi connectivity index (χ1v) is 6.86. The second-order valence-corrected chi connectivity index (χ2v) is 4.66. The van der Waals surface area contributed by atoms with E-state index < -0.39 is 0 Å². The molecule has 0 aromatic heterocycles. The molecular weight excluding hydrogens is 266 g/mol. The lowest BCUT2D eigenvalue weighted by atomic mass is 10.0. The van der Waals surface area contributed by atoms with E-state index in [-0.39, 0.29) is 5.78 Å². The largest absolute Gasteiger partial charge is 0.497 e. The van der Waals surface area contributed by atoms with Gasteiger partial charge in [0, 0.05) is 22.9 Å². The van der Waals surface area contributed by atoms with Gasteiger partial charge in [-0.25, -0.2) is 0 Å². The van der Waals surface area contributed by atoms with Gasteiger partial charge in [-0.1, -0.05) is 6.92 Å². The number of carbonyl (C=O) groups excluding carboxylic acids is 1. The van der Waals surface area contributed by atoms with E-state index in [1.54, 1.807) is 49.6 Å². The summed E-state index contributed by atoms with van der Waals surface area (Å²) < 4.78 is 10.6. The van der Waals surface area contributed by atoms with Gasteiger partial charge in [0.05, 0.1) is 13.7 Å². The molecule has 21 heavy (non-hydrogen) atoms. The molecule has 0 atom stereocenters. The van der Waals surface area contributed by atoms with Crippen LogP contribution in [0.25, 0.3) is 0 Å². The minimum Gasteiger partial charge on any atom is -0.497 e. The molecule has 0 aliphatic rings. The van der Waals surface area contributed by atoms with Crippen molar-refractivity contribution in [1.82, 2.24) is 0 Å². The Labute approximate surface area is 124 Å². The van der Waals surface area contributed by atoms with Gasteiger partial charge in [-0.15, -0.1) is 0 Å². The highest BCUT2D eigenvalue weighted by molar-refractivity contribution is 6.12. The molecule has 2 N–H and O–H groups in total. The number of nitrogen functional groups attached to an aromatic ring is 1. The zero-order valence-corrected chi connectivity index (χ0v) is 12.3. The molecule has 2 aromatic rings. The fourth-order valence-electron chi connectivity index (χ4n) is 1.95. The molecule has 0 saturated carbocycles. The Kier molecular flexibility index (Phi) is 4.82. The van der Waals surface area contributed by atoms with E-state index in [0.717, 1.165) is 12.2 Å². The van der Waals surface area contributed by atoms with Gasteiger partial charge in [-0.2, -0.15) is 0 Å². The van der Waals surface area contributed by atoms with Crippen LogP contribution in [0, 0.1) is 0 Å². The first kappa shape index (κ1) is 14.9. The Hall–Kier alpha value is -2.49. The normalized spacial score (nSPS) is 10.2. The molecule has 0 amide bonds. The van der Waals surface area contributed by atoms with Crippen LogP contribution in [-0.2, 0) is 0 Å². The second-order valence-electron chi connectivity index (χ2n) is 4.66. The van der Waals surface area contributed by atoms with Crippen molar-refractivity contribution in [2.75, 3.05) is 19.5 Å². The van der Waals surface area contributed by atoms with Crippen molar-refractivity contribution in [1.29, 1.82) is 0 Å². The molecule has 0 aliphatic carbocycles. The molecule has 0 aliphatic heterocycles. The van der Waals surface area contributed by atoms with Gasteiger partial charge < -0.3 is 15.2 Å². The molecule has 0 bridgehead atoms. The van der Waals surface area contributed by atoms with Crippen molar-refractivity contribution in [3.63, 3.8) is 0 Å². The Bertz CT molecular complexity index is 620. The molecule has 2 rings (SSSR count). The van der Waals surface area contributed by atoms with Gasteiger partial charge in [-0.05, 0) is 42.8 Å². The zero-order valence-electron chi connectivity index (χ0n) is 12.3. The van der Waals surface area contributed by atoms with E-state index in [4.69, 9.17) is 15.2 Å². The summed E-state index contributed by atoms with van der Waals surface area (Å²) in [5.74, 6) is 1.28. The van der Waals surface area contributed by atoms with Crippen LogP contribution in [0.15, 0.2) is 42.5 Å². The van der Waals surface area contributed by atoms with E-state index in [0.29, 0.717) is 29.2 Å². The number of anilines is 1. The Morgan fingerprint density at radius 2 is 1.76 bits per heavy atom. The van der Waals surface area contributed by atoms with Crippen LogP contribution in [0.3, 0.4) is 0 Å². The average molecular weight is 285 g/mol. The summed E-state index contributed by atoms with van der Waals surface area (Å²) in [4.78, 5) is 12.4. The lowest BCUT2D eigenvalue weighted by Crippen LogP contribution is -2.05. The number of benzene rings is 2. The fraction of sp³-hybridized carbons (Fsp3) is 0.235. The minimum absolute atomic E-state index is 0.114. The van der Waals surface area contributed by atoms with Crippen LogP contribution >= 0.6 is 0 Å². The molecule has 0 spiro atoms. The van der Waals surface area contributed by atoms with Gasteiger partial charge in [-0.3, -0.25) is 4.79 Å². The van der Waals surface area contributed by atoms with E-state index in [9.17, 15) is 4.79 Å². The molecule has 0 heterocycles. The zero-order chi connectivity index (χ0) is 15.2. The van der Waals surface area contributed by atoms with E-state index >= 15 is 0 Å². The first-order chi connectivity index (χ1) is 10.2. The molecule has 110 valence electrons. The Balaban J connectivity index is 2.19. The lowest BCUT2D eigenvalue weighted by molar-refractivity contribution is 0.103. The number of methoxy groups -OCH3 is 1. The van der Waals surface area contributed by atoms with Crippen molar-refractivity contribution < 1.29 is 14.3 Å². The molecule has 0 unspecified atom stereocenters. The third-order valence-electron chi connectivity index (χ3n) is 3.09. The summed E-state index contributed by atoms with van der Waals surface area (Å²) in [7, 11) is 1.56. The SMILES string of the molecule is CCCOc1ccc(C(=O)c2ccc(OC)cc2N)cc1. The first-order valence-electron chi connectivity index (χ1n) is 6.86. The second kappa shape index (κ2) is 6.79. The van der Waals surface area contributed by atoms with E-state index in [1.165, 1.54) is 0 Å². The average Bonchev–Trinajstić information content (AvgIpc) is 2.52. The van der Waals surface area contributed by atoms with Gasteiger partial charge in [0.15, 0.2) is 5.78 Å². The van der Waals surface area contributed by atoms with Crippen molar-refractivity contribution in [2.24, 2.45) is 0 Å². The van der Waals surface area contributed by atoms with E-state index in [1.807, 2.05) is 6.92 Å². The quantitative estimate of drug-likeness (QED) is 0.653. The van der Waals surface area contributed by atoms with Crippen LogP contribution in [0.2, 0.25) is 0 Å². The molecular formula is C17H19NO3. The van der Waals surface area contributed by atoms with Gasteiger partial charge in [0.2, 0.25) is 0 Å². The highest BCUT2D eigenvalue weighted by Gasteiger charge is 2.13. The molecule has 0 radical (unpaired) electrons. The molecule has 2 aromatic carbocycles. The molecule has 4 heteroatoms. The predicted molar refractivity (Wildman–Crippen MR) is 83.1 cm³/mol. The maximum absolute atomic E-state index is 12.4. The highest BCUT2D eigenvalue weighted by atomic mass is 16.5. The molecule has 0 fully saturated rings. The van der Waals surface area contributed by atoms with Crippen LogP contribution in [0.4, 0.5) is 5.69 Å². The smallest absolute Gasteiger partial charge is 0.195 e. The van der Waals surface area contributed by atoms with Crippen molar-refractivity contribution in [3.8, 4) is 11.5 Å². The summed E-state index contributed by atoms with van der Waals surface area (Å²) in [5, 5.41) is 0. The summed E-state index contributed by atoms with van der Waals surface area (Å²) in [6.45, 7) is 2.71. The van der Waals surface area contributed by atoms with Crippen LogP contribution < -0.4 is 15.2 Å². The third kappa shape index (κ3) is 3.54. The number of hydrogen-bond acceptors (Lipinski definition) is 4. The van der Waals surface area contributed by atoms with Crippen molar-refractivity contribution in [3.05, 3.63) is 53.6 Å². The lowest BCUT2D eigenvalue weighted by Gasteiger charge is -2.08. The summed E-state index contributed by atoms with van der Waals surface area (Å²) in [6, 6.07) is 12.1. The summed E-state index contributed by atoms with van der Waals surface area (Å²) >= 11 is 0. The molecule has 0 saturated heterocycles. The Morgan fingerprint density at radius 1 is 1.10 bits per heavy atom. The number of hydrogen-bond donors (Lipinski definition) is 1. The van der Waals surface area contributed by atoms with E-state index in [2.05, 4.69) is 0 Å². The number of nitrogens with two attached hydrogens (primary N) is 1. The standard InChI is InChI=1S/C17H19NO3/c1-3-10-21-13-6-4-12(5-7-13)17(19)15-9-8-14(20-2)11-16(15)18/h4-9,11H,3,10,18H2,1-2H3. The minimum atomic E-state index is -0.114. The Morgan fingerprint density at radius 3 is 2.33 bits per heavy atom. The topological polar surface area (TPSA) is 61.5 Å². The van der Waals surface area contributed by atoms with Crippen LogP contribution in [0.5, 0.6) is 11.5 Å². The van der Waals surface area contributed by atoms with Gasteiger partial charge in [0.1, 0.15) is 11.5 Å². The van der Waals surface area contributed by atoms with Crippen molar-refractivity contribution in [2.45, 2.75) is 13.3 Å². The number of rotatable bonds is 6. The van der Waals surface area contributed by atoms with Crippen LogP contribution in [0.1, 0.15) is 29.3 Å². The monoisotopic (exact) mass is 285 g/mol. The van der Waals surface area contributed by atoms with Crippen molar-refractivity contribution >= 4 is 11.5 Å². The van der Waals surface area contributed by atoms with Crippen LogP contribution in [-0.4, -0.2) is 19.5 Å². The summed E-state index contributed by atoms with van der Waals surface area (Å²) in [6.07, 6.45) is 0.947. The maximum Gasteiger partial charge on any atom is 0.195 e. The fourth-order valence-corrected chi connectivity index (χ4v) is 1.95. The highest BCUT2D eigenvalue weighted by Crippen LogP contribution is 2.23. The third-order valence-corrected chi connectivity index (χ3v) is 3.09. The molecule has 4 nitrogen and oxygen atoms in total. The number of ether oxygens (including phenoxy) is 2. The number of carbonyl (C=O) groups is 1. The predicted octanol–water partition coefficient (Wildman–Crippen LogP) is 3.30. The van der Waals surface area contributed by atoms with Gasteiger partial charge >= 0.3 is 0 Å². The maximum atomic E-state index is 12.4. The summed E-state index contributed by atoms with van der Waals surface area (Å²) in [5.41, 5.74) is 7.36.